The molecule has 0 radical (unpaired) electrons. The molecular weight excluding hydrogens is 242 g/mol. The summed E-state index contributed by atoms with van der Waals surface area (Å²) in [6.45, 7) is 3.00. The number of hydrogen-bond donors (Lipinski definition) is 2. The minimum atomic E-state index is -0.755. The molecule has 0 aromatic carbocycles. The Labute approximate surface area is 115 Å². The molecule has 2 N–H and O–H groups in total. The van der Waals surface area contributed by atoms with E-state index in [0.717, 1.165) is 13.0 Å². The number of nitrogens with one attached hydrogen (secondary N) is 1. The van der Waals surface area contributed by atoms with Crippen LogP contribution in [0.3, 0.4) is 0 Å². The van der Waals surface area contributed by atoms with E-state index in [0.29, 0.717) is 12.8 Å². The average Bonchev–Trinajstić information content (AvgIpc) is 2.87. The molecule has 19 heavy (non-hydrogen) atoms. The molecule has 2 saturated carbocycles. The predicted octanol–water partition coefficient (Wildman–Crippen LogP) is 2.57. The van der Waals surface area contributed by atoms with Gasteiger partial charge in [0.25, 0.3) is 0 Å². The highest BCUT2D eigenvalue weighted by Gasteiger charge is 2.35. The second-order valence-electron chi connectivity index (χ2n) is 6.63. The third-order valence-corrected chi connectivity index (χ3v) is 4.90. The summed E-state index contributed by atoms with van der Waals surface area (Å²) in [6.07, 6.45) is 8.09. The van der Waals surface area contributed by atoms with Gasteiger partial charge in [-0.05, 0) is 37.5 Å². The molecule has 2 rings (SSSR count). The standard InChI is InChI=1S/C15H25NO3/c1-15(7-3-2-4-8-15)10-16-13(17)11-5-6-12(9-11)14(18)19/h11-12H,2-10H2,1H3,(H,16,17)(H,18,19). The molecule has 0 aliphatic heterocycles. The molecule has 108 valence electrons. The first-order valence-electron chi connectivity index (χ1n) is 7.51. The van der Waals surface area contributed by atoms with E-state index in [4.69, 9.17) is 5.11 Å². The van der Waals surface area contributed by atoms with Crippen molar-refractivity contribution in [2.45, 2.75) is 58.3 Å². The number of hydrogen-bond acceptors (Lipinski definition) is 2. The summed E-state index contributed by atoms with van der Waals surface area (Å²) in [5.41, 5.74) is 0.249. The molecule has 2 aliphatic rings. The summed E-state index contributed by atoms with van der Waals surface area (Å²) >= 11 is 0. The number of carbonyl (C=O) groups is 2. The van der Waals surface area contributed by atoms with Gasteiger partial charge in [0.2, 0.25) is 5.91 Å². The Balaban J connectivity index is 1.77. The zero-order valence-electron chi connectivity index (χ0n) is 11.8. The monoisotopic (exact) mass is 267 g/mol. The minimum absolute atomic E-state index is 0.0653. The van der Waals surface area contributed by atoms with E-state index in [1.807, 2.05) is 0 Å². The molecule has 0 aromatic rings. The summed E-state index contributed by atoms with van der Waals surface area (Å²) in [5, 5.41) is 12.0. The fourth-order valence-corrected chi connectivity index (χ4v) is 3.47. The number of carboxylic acids is 1. The molecule has 0 heterocycles. The lowest BCUT2D eigenvalue weighted by atomic mass is 9.75. The van der Waals surface area contributed by atoms with Crippen molar-refractivity contribution in [3.8, 4) is 0 Å². The van der Waals surface area contributed by atoms with E-state index in [1.54, 1.807) is 0 Å². The van der Waals surface area contributed by atoms with Gasteiger partial charge in [0.1, 0.15) is 0 Å². The van der Waals surface area contributed by atoms with Crippen LogP contribution in [0.1, 0.15) is 58.3 Å². The first-order valence-corrected chi connectivity index (χ1v) is 7.51. The number of carbonyl (C=O) groups excluding carboxylic acids is 1. The minimum Gasteiger partial charge on any atom is -0.481 e. The highest BCUT2D eigenvalue weighted by atomic mass is 16.4. The molecule has 2 fully saturated rings. The van der Waals surface area contributed by atoms with Crippen LogP contribution in [-0.4, -0.2) is 23.5 Å². The van der Waals surface area contributed by atoms with Crippen LogP contribution in [0.4, 0.5) is 0 Å². The van der Waals surface area contributed by atoms with Crippen LogP contribution in [0.15, 0.2) is 0 Å². The lowest BCUT2D eigenvalue weighted by Crippen LogP contribution is -2.39. The highest BCUT2D eigenvalue weighted by Crippen LogP contribution is 2.35. The van der Waals surface area contributed by atoms with Gasteiger partial charge in [-0.3, -0.25) is 9.59 Å². The van der Waals surface area contributed by atoms with E-state index < -0.39 is 5.97 Å². The van der Waals surface area contributed by atoms with Crippen LogP contribution >= 0.6 is 0 Å². The van der Waals surface area contributed by atoms with Crippen LogP contribution in [0.25, 0.3) is 0 Å². The molecule has 0 aromatic heterocycles. The van der Waals surface area contributed by atoms with Gasteiger partial charge in [0.15, 0.2) is 0 Å². The summed E-state index contributed by atoms with van der Waals surface area (Å²) in [5.74, 6) is -1.10. The lowest BCUT2D eigenvalue weighted by molar-refractivity contribution is -0.141. The van der Waals surface area contributed by atoms with Crippen molar-refractivity contribution >= 4 is 11.9 Å². The number of aliphatic carboxylic acids is 1. The Kier molecular flexibility index (Phi) is 4.48. The third kappa shape index (κ3) is 3.71. The first kappa shape index (κ1) is 14.4. The molecule has 0 bridgehead atoms. The van der Waals surface area contributed by atoms with Crippen LogP contribution in [-0.2, 0) is 9.59 Å². The van der Waals surface area contributed by atoms with E-state index in [1.165, 1.54) is 32.1 Å². The quantitative estimate of drug-likeness (QED) is 0.822. The predicted molar refractivity (Wildman–Crippen MR) is 72.7 cm³/mol. The van der Waals surface area contributed by atoms with Crippen LogP contribution in [0.5, 0.6) is 0 Å². The Morgan fingerprint density at radius 3 is 2.37 bits per heavy atom. The van der Waals surface area contributed by atoms with Crippen molar-refractivity contribution in [1.29, 1.82) is 0 Å². The summed E-state index contributed by atoms with van der Waals surface area (Å²) in [6, 6.07) is 0. The fourth-order valence-electron chi connectivity index (χ4n) is 3.47. The summed E-state index contributed by atoms with van der Waals surface area (Å²) in [4.78, 5) is 23.0. The van der Waals surface area contributed by atoms with E-state index in [-0.39, 0.29) is 23.2 Å². The maximum atomic E-state index is 12.1. The van der Waals surface area contributed by atoms with Gasteiger partial charge in [0.05, 0.1) is 5.92 Å². The number of rotatable bonds is 4. The topological polar surface area (TPSA) is 66.4 Å². The first-order chi connectivity index (χ1) is 9.00. The third-order valence-electron chi connectivity index (χ3n) is 4.90. The SMILES string of the molecule is CC1(CNC(=O)C2CCC(C(=O)O)C2)CCCCC1. The van der Waals surface area contributed by atoms with Crippen molar-refractivity contribution in [3.63, 3.8) is 0 Å². The van der Waals surface area contributed by atoms with Crippen molar-refractivity contribution < 1.29 is 14.7 Å². The van der Waals surface area contributed by atoms with E-state index in [2.05, 4.69) is 12.2 Å². The molecule has 4 nitrogen and oxygen atoms in total. The van der Waals surface area contributed by atoms with Gasteiger partial charge in [-0.1, -0.05) is 26.2 Å². The van der Waals surface area contributed by atoms with Crippen LogP contribution < -0.4 is 5.32 Å². The van der Waals surface area contributed by atoms with E-state index in [9.17, 15) is 9.59 Å². The second kappa shape index (κ2) is 5.93. The number of amides is 1. The summed E-state index contributed by atoms with van der Waals surface area (Å²) < 4.78 is 0. The average molecular weight is 267 g/mol. The Morgan fingerprint density at radius 1 is 1.16 bits per heavy atom. The van der Waals surface area contributed by atoms with Crippen molar-refractivity contribution in [1.82, 2.24) is 5.32 Å². The summed E-state index contributed by atoms with van der Waals surface area (Å²) in [7, 11) is 0. The molecule has 2 atom stereocenters. The number of carboxylic acid groups (broad SMARTS) is 1. The Hall–Kier alpha value is -1.06. The molecule has 1 amide bonds. The Bertz CT molecular complexity index is 347. The second-order valence-corrected chi connectivity index (χ2v) is 6.63. The highest BCUT2D eigenvalue weighted by molar-refractivity contribution is 5.80. The van der Waals surface area contributed by atoms with Gasteiger partial charge < -0.3 is 10.4 Å². The van der Waals surface area contributed by atoms with Gasteiger partial charge >= 0.3 is 5.97 Å². The molecule has 4 heteroatoms. The van der Waals surface area contributed by atoms with Gasteiger partial charge in [-0.25, -0.2) is 0 Å². The van der Waals surface area contributed by atoms with Gasteiger partial charge in [-0.2, -0.15) is 0 Å². The van der Waals surface area contributed by atoms with Crippen molar-refractivity contribution in [2.24, 2.45) is 17.3 Å². The molecule has 0 saturated heterocycles. The zero-order valence-corrected chi connectivity index (χ0v) is 11.8. The zero-order chi connectivity index (χ0) is 13.9. The van der Waals surface area contributed by atoms with E-state index >= 15 is 0 Å². The normalized spacial score (nSPS) is 29.9. The van der Waals surface area contributed by atoms with Crippen molar-refractivity contribution in [3.05, 3.63) is 0 Å². The fraction of sp³-hybridized carbons (Fsp3) is 0.867. The van der Waals surface area contributed by atoms with Crippen LogP contribution in [0, 0.1) is 17.3 Å². The smallest absolute Gasteiger partial charge is 0.306 e. The molecule has 2 unspecified atom stereocenters. The lowest BCUT2D eigenvalue weighted by Gasteiger charge is -2.34. The van der Waals surface area contributed by atoms with Gasteiger partial charge in [-0.15, -0.1) is 0 Å². The van der Waals surface area contributed by atoms with Crippen LogP contribution in [0.2, 0.25) is 0 Å². The Morgan fingerprint density at radius 2 is 1.79 bits per heavy atom. The molecule has 2 aliphatic carbocycles. The largest absolute Gasteiger partial charge is 0.481 e. The van der Waals surface area contributed by atoms with Gasteiger partial charge in [0, 0.05) is 12.5 Å². The maximum Gasteiger partial charge on any atom is 0.306 e. The molecule has 0 spiro atoms. The molecular formula is C15H25NO3. The maximum absolute atomic E-state index is 12.1. The van der Waals surface area contributed by atoms with Crippen molar-refractivity contribution in [2.75, 3.05) is 6.54 Å².